The summed E-state index contributed by atoms with van der Waals surface area (Å²) in [7, 11) is -2.30. The summed E-state index contributed by atoms with van der Waals surface area (Å²) < 4.78 is 27.6. The van der Waals surface area contributed by atoms with Gasteiger partial charge in [0.2, 0.25) is 10.0 Å². The van der Waals surface area contributed by atoms with Crippen molar-refractivity contribution in [2.24, 2.45) is 11.1 Å². The molecule has 116 valence electrons. The Labute approximate surface area is 122 Å². The van der Waals surface area contributed by atoms with Gasteiger partial charge in [0.25, 0.3) is 5.69 Å². The van der Waals surface area contributed by atoms with Crippen molar-refractivity contribution in [2.45, 2.75) is 23.8 Å². The molecule has 1 aromatic carbocycles. The number of methoxy groups -OCH3 is 1. The smallest absolute Gasteiger partial charge is 0.293 e. The number of nitrogens with two attached hydrogens (primary N) is 1. The zero-order valence-electron chi connectivity index (χ0n) is 11.5. The van der Waals surface area contributed by atoms with Crippen molar-refractivity contribution >= 4 is 21.4 Å². The van der Waals surface area contributed by atoms with Crippen LogP contribution in [0.5, 0.6) is 0 Å². The van der Waals surface area contributed by atoms with E-state index in [9.17, 15) is 18.5 Å². The van der Waals surface area contributed by atoms with Gasteiger partial charge in [-0.1, -0.05) is 0 Å². The topological polar surface area (TPSA) is 125 Å². The summed E-state index contributed by atoms with van der Waals surface area (Å²) in [6.07, 6.45) is 2.08. The first-order valence-electron chi connectivity index (χ1n) is 6.39. The Morgan fingerprint density at radius 1 is 1.48 bits per heavy atom. The number of ether oxygens (including phenoxy) is 1. The third kappa shape index (κ3) is 3.69. The number of nitro benzene ring substituents is 1. The van der Waals surface area contributed by atoms with Crippen LogP contribution in [0.4, 0.5) is 11.4 Å². The van der Waals surface area contributed by atoms with Crippen LogP contribution in [0.15, 0.2) is 23.1 Å². The number of primary sulfonamides is 1. The van der Waals surface area contributed by atoms with E-state index in [4.69, 9.17) is 9.88 Å². The summed E-state index contributed by atoms with van der Waals surface area (Å²) in [4.78, 5) is 10.1. The minimum Gasteiger partial charge on any atom is -0.381 e. The third-order valence-electron chi connectivity index (χ3n) is 3.60. The lowest BCUT2D eigenvalue weighted by Crippen LogP contribution is -2.34. The number of nitrogens with one attached hydrogen (secondary N) is 1. The lowest BCUT2D eigenvalue weighted by molar-refractivity contribution is -0.384. The standard InChI is InChI=1S/C12H17N3O5S/c1-20-9-4-8(5-9)7-14-11-3-2-10(21(13,18)19)6-12(11)15(16)17/h2-3,6,8-9,14H,4-5,7H2,1H3,(H2,13,18,19)/t8-,9+. The molecule has 1 aliphatic carbocycles. The van der Waals surface area contributed by atoms with E-state index in [0.717, 1.165) is 18.9 Å². The Bertz CT molecular complexity index is 640. The van der Waals surface area contributed by atoms with Crippen molar-refractivity contribution in [3.05, 3.63) is 28.3 Å². The number of sulfonamides is 1. The average Bonchev–Trinajstić information content (AvgIpc) is 2.35. The molecule has 0 aromatic heterocycles. The SMILES string of the molecule is CO[C@H]1C[C@@H](CNc2ccc(S(N)(=O)=O)cc2[N+](=O)[O-])C1. The molecule has 3 N–H and O–H groups in total. The summed E-state index contributed by atoms with van der Waals surface area (Å²) in [6, 6.07) is 3.59. The molecule has 0 spiro atoms. The van der Waals surface area contributed by atoms with E-state index in [1.165, 1.54) is 12.1 Å². The molecule has 0 radical (unpaired) electrons. The first-order valence-corrected chi connectivity index (χ1v) is 7.94. The van der Waals surface area contributed by atoms with Crippen molar-refractivity contribution < 1.29 is 18.1 Å². The largest absolute Gasteiger partial charge is 0.381 e. The fourth-order valence-corrected chi connectivity index (χ4v) is 2.81. The molecule has 8 nitrogen and oxygen atoms in total. The number of anilines is 1. The predicted molar refractivity (Wildman–Crippen MR) is 76.5 cm³/mol. The van der Waals surface area contributed by atoms with Gasteiger partial charge in [-0.2, -0.15) is 0 Å². The minimum atomic E-state index is -3.96. The molecule has 1 fully saturated rings. The summed E-state index contributed by atoms with van der Waals surface area (Å²) in [6.45, 7) is 0.579. The molecule has 0 atom stereocenters. The fourth-order valence-electron chi connectivity index (χ4n) is 2.28. The van der Waals surface area contributed by atoms with Crippen molar-refractivity contribution in [3.8, 4) is 0 Å². The monoisotopic (exact) mass is 315 g/mol. The van der Waals surface area contributed by atoms with E-state index in [2.05, 4.69) is 5.32 Å². The highest BCUT2D eigenvalue weighted by molar-refractivity contribution is 7.89. The Morgan fingerprint density at radius 2 is 2.14 bits per heavy atom. The average molecular weight is 315 g/mol. The summed E-state index contributed by atoms with van der Waals surface area (Å²) in [5.41, 5.74) is -0.0163. The highest BCUT2D eigenvalue weighted by Gasteiger charge is 2.29. The number of rotatable bonds is 6. The van der Waals surface area contributed by atoms with Crippen LogP contribution in [0, 0.1) is 16.0 Å². The van der Waals surface area contributed by atoms with Crippen molar-refractivity contribution in [3.63, 3.8) is 0 Å². The maximum absolute atomic E-state index is 11.2. The molecule has 1 aliphatic rings. The maximum atomic E-state index is 11.2. The summed E-state index contributed by atoms with van der Waals surface area (Å²) in [5.74, 6) is 0.396. The Kier molecular flexibility index (Phi) is 4.45. The highest BCUT2D eigenvalue weighted by Crippen LogP contribution is 2.32. The van der Waals surface area contributed by atoms with Gasteiger partial charge >= 0.3 is 0 Å². The molecule has 0 heterocycles. The molecule has 2 rings (SSSR count). The number of hydrogen-bond acceptors (Lipinski definition) is 6. The third-order valence-corrected chi connectivity index (χ3v) is 4.51. The molecule has 9 heteroatoms. The van der Waals surface area contributed by atoms with Gasteiger partial charge < -0.3 is 10.1 Å². The lowest BCUT2D eigenvalue weighted by atomic mass is 9.82. The van der Waals surface area contributed by atoms with Gasteiger partial charge in [0.15, 0.2) is 0 Å². The minimum absolute atomic E-state index is 0.261. The molecule has 0 bridgehead atoms. The normalized spacial score (nSPS) is 21.6. The number of nitrogens with zero attached hydrogens (tertiary/aromatic N) is 1. The fraction of sp³-hybridized carbons (Fsp3) is 0.500. The van der Waals surface area contributed by atoms with E-state index < -0.39 is 14.9 Å². The maximum Gasteiger partial charge on any atom is 0.293 e. The van der Waals surface area contributed by atoms with Crippen molar-refractivity contribution in [1.29, 1.82) is 0 Å². The zero-order valence-corrected chi connectivity index (χ0v) is 12.3. The van der Waals surface area contributed by atoms with Crippen LogP contribution in [-0.4, -0.2) is 33.1 Å². The van der Waals surface area contributed by atoms with Crippen LogP contribution in [0.2, 0.25) is 0 Å². The second-order valence-electron chi connectivity index (χ2n) is 5.06. The van der Waals surface area contributed by atoms with E-state index in [-0.39, 0.29) is 22.4 Å². The zero-order chi connectivity index (χ0) is 15.6. The van der Waals surface area contributed by atoms with Crippen LogP contribution in [0.1, 0.15) is 12.8 Å². The predicted octanol–water partition coefficient (Wildman–Crippen LogP) is 1.08. The molecule has 0 unspecified atom stereocenters. The van der Waals surface area contributed by atoms with Crippen LogP contribution >= 0.6 is 0 Å². The molecular weight excluding hydrogens is 298 g/mol. The van der Waals surface area contributed by atoms with Crippen LogP contribution in [0.25, 0.3) is 0 Å². The molecule has 0 aliphatic heterocycles. The summed E-state index contributed by atoms with van der Waals surface area (Å²) >= 11 is 0. The lowest BCUT2D eigenvalue weighted by Gasteiger charge is -2.34. The van der Waals surface area contributed by atoms with E-state index >= 15 is 0 Å². The quantitative estimate of drug-likeness (QED) is 0.598. The highest BCUT2D eigenvalue weighted by atomic mass is 32.2. The second-order valence-corrected chi connectivity index (χ2v) is 6.62. The van der Waals surface area contributed by atoms with Gasteiger partial charge in [0.1, 0.15) is 5.69 Å². The molecule has 21 heavy (non-hydrogen) atoms. The molecule has 1 saturated carbocycles. The van der Waals surface area contributed by atoms with Crippen molar-refractivity contribution in [2.75, 3.05) is 19.0 Å². The molecule has 1 aromatic rings. The number of benzene rings is 1. The number of hydrogen-bond donors (Lipinski definition) is 2. The first-order chi connectivity index (χ1) is 9.81. The summed E-state index contributed by atoms with van der Waals surface area (Å²) in [5, 5.41) is 19.0. The molecule has 0 saturated heterocycles. The second kappa shape index (κ2) is 5.96. The van der Waals surface area contributed by atoms with Gasteiger partial charge in [-0.05, 0) is 30.9 Å². The van der Waals surface area contributed by atoms with Gasteiger partial charge in [-0.3, -0.25) is 10.1 Å². The Hall–Kier alpha value is -1.71. The van der Waals surface area contributed by atoms with E-state index in [0.29, 0.717) is 12.5 Å². The van der Waals surface area contributed by atoms with Gasteiger partial charge in [0, 0.05) is 19.7 Å². The molecule has 0 amide bonds. The van der Waals surface area contributed by atoms with Crippen LogP contribution in [0.3, 0.4) is 0 Å². The Balaban J connectivity index is 2.10. The van der Waals surface area contributed by atoms with Gasteiger partial charge in [-0.15, -0.1) is 0 Å². The van der Waals surface area contributed by atoms with E-state index in [1.807, 2.05) is 0 Å². The van der Waals surface area contributed by atoms with Crippen molar-refractivity contribution in [1.82, 2.24) is 0 Å². The van der Waals surface area contributed by atoms with Crippen LogP contribution in [-0.2, 0) is 14.8 Å². The number of nitro groups is 1. The van der Waals surface area contributed by atoms with Gasteiger partial charge in [0.05, 0.1) is 15.9 Å². The van der Waals surface area contributed by atoms with Crippen LogP contribution < -0.4 is 10.5 Å². The van der Waals surface area contributed by atoms with Gasteiger partial charge in [-0.25, -0.2) is 13.6 Å². The Morgan fingerprint density at radius 3 is 2.67 bits per heavy atom. The molecular formula is C12H17N3O5S. The van der Waals surface area contributed by atoms with E-state index in [1.54, 1.807) is 7.11 Å². The first kappa shape index (κ1) is 15.7.